The predicted octanol–water partition coefficient (Wildman–Crippen LogP) is 6.92. The minimum Gasteiger partial charge on any atom is -0.490 e. The van der Waals surface area contributed by atoms with Crippen LogP contribution in [0.3, 0.4) is 0 Å². The van der Waals surface area contributed by atoms with Gasteiger partial charge < -0.3 is 4.74 Å². The molecule has 1 nitrogen and oxygen atoms in total. The van der Waals surface area contributed by atoms with Crippen molar-refractivity contribution in [3.8, 4) is 5.75 Å². The molecule has 0 N–H and O–H groups in total. The lowest BCUT2D eigenvalue weighted by atomic mass is 9.87. The van der Waals surface area contributed by atoms with Crippen LogP contribution in [0.2, 0.25) is 0 Å². The molecule has 1 saturated carbocycles. The van der Waals surface area contributed by atoms with E-state index in [-0.39, 0.29) is 36.8 Å². The van der Waals surface area contributed by atoms with Crippen molar-refractivity contribution in [1.82, 2.24) is 0 Å². The van der Waals surface area contributed by atoms with Crippen LogP contribution in [-0.2, 0) is 12.6 Å². The Balaban J connectivity index is 1.91. The lowest BCUT2D eigenvalue weighted by Gasteiger charge is -2.31. The number of hydrogen-bond donors (Lipinski definition) is 0. The van der Waals surface area contributed by atoms with Gasteiger partial charge in [-0.2, -0.15) is 26.3 Å². The number of benzene rings is 2. The van der Waals surface area contributed by atoms with E-state index in [0.29, 0.717) is 11.8 Å². The van der Waals surface area contributed by atoms with E-state index in [2.05, 4.69) is 0 Å². The van der Waals surface area contributed by atoms with Gasteiger partial charge in [0.05, 0.1) is 12.0 Å². The molecular weight excluding hydrogens is 370 g/mol. The highest BCUT2D eigenvalue weighted by atomic mass is 19.4. The minimum atomic E-state index is -4.62. The molecule has 0 unspecified atom stereocenters. The molecule has 0 aromatic heterocycles. The van der Waals surface area contributed by atoms with Crippen LogP contribution in [0.1, 0.15) is 43.7 Å². The molecule has 2 aromatic carbocycles. The fraction of sp³-hybridized carbons (Fsp3) is 0.500. The number of halogens is 6. The van der Waals surface area contributed by atoms with Crippen molar-refractivity contribution in [2.24, 2.45) is 5.92 Å². The Morgan fingerprint density at radius 3 is 2.11 bits per heavy atom. The Bertz CT molecular complexity index is 800. The Hall–Kier alpha value is -1.92. The maximum atomic E-state index is 13.8. The molecule has 3 rings (SSSR count). The van der Waals surface area contributed by atoms with E-state index in [1.807, 2.05) is 6.92 Å². The molecule has 0 saturated heterocycles. The van der Waals surface area contributed by atoms with Crippen LogP contribution >= 0.6 is 0 Å². The Morgan fingerprint density at radius 2 is 1.56 bits per heavy atom. The SMILES string of the molecule is CCc1cccc2c(C(F)(F)F)c(OC3CCC(C(F)(F)F)CC3)ccc12. The van der Waals surface area contributed by atoms with Crippen LogP contribution in [0.5, 0.6) is 5.75 Å². The van der Waals surface area contributed by atoms with Gasteiger partial charge in [0.2, 0.25) is 0 Å². The molecule has 0 radical (unpaired) electrons. The summed E-state index contributed by atoms with van der Waals surface area (Å²) in [6, 6.07) is 7.65. The van der Waals surface area contributed by atoms with Gasteiger partial charge in [0.15, 0.2) is 0 Å². The van der Waals surface area contributed by atoms with E-state index in [1.54, 1.807) is 18.2 Å². The van der Waals surface area contributed by atoms with Gasteiger partial charge in [-0.25, -0.2) is 0 Å². The highest BCUT2D eigenvalue weighted by Crippen LogP contribution is 2.44. The quantitative estimate of drug-likeness (QED) is 0.517. The van der Waals surface area contributed by atoms with Gasteiger partial charge in [0.1, 0.15) is 11.3 Å². The molecule has 2 aromatic rings. The maximum absolute atomic E-state index is 13.8. The van der Waals surface area contributed by atoms with Crippen LogP contribution in [0.4, 0.5) is 26.3 Å². The topological polar surface area (TPSA) is 9.23 Å². The van der Waals surface area contributed by atoms with Crippen LogP contribution in [0.15, 0.2) is 30.3 Å². The van der Waals surface area contributed by atoms with Crippen molar-refractivity contribution >= 4 is 10.8 Å². The van der Waals surface area contributed by atoms with E-state index in [9.17, 15) is 26.3 Å². The van der Waals surface area contributed by atoms with Crippen LogP contribution in [0.25, 0.3) is 10.8 Å². The summed E-state index contributed by atoms with van der Waals surface area (Å²) in [5, 5.41) is 0.573. The highest BCUT2D eigenvalue weighted by Gasteiger charge is 2.42. The summed E-state index contributed by atoms with van der Waals surface area (Å²) >= 11 is 0. The Morgan fingerprint density at radius 1 is 0.889 bits per heavy atom. The summed E-state index contributed by atoms with van der Waals surface area (Å²) in [5.41, 5.74) is -0.0523. The van der Waals surface area contributed by atoms with Gasteiger partial charge in [0, 0.05) is 0 Å². The lowest BCUT2D eigenvalue weighted by Crippen LogP contribution is -2.32. The molecule has 0 atom stereocenters. The van der Waals surface area contributed by atoms with Gasteiger partial charge in [-0.15, -0.1) is 0 Å². The van der Waals surface area contributed by atoms with Crippen molar-refractivity contribution < 1.29 is 31.1 Å². The molecule has 1 aliphatic rings. The first-order chi connectivity index (χ1) is 12.6. The Labute approximate surface area is 153 Å². The standard InChI is InChI=1S/C20H20F6O/c1-2-12-4-3-5-16-15(12)10-11-17(18(16)20(24,25)26)27-14-8-6-13(7-9-14)19(21,22)23/h3-5,10-11,13-14H,2,6-9H2,1H3. The van der Waals surface area contributed by atoms with E-state index in [0.717, 1.165) is 5.56 Å². The monoisotopic (exact) mass is 390 g/mol. The van der Waals surface area contributed by atoms with Gasteiger partial charge in [-0.05, 0) is 54.5 Å². The van der Waals surface area contributed by atoms with Gasteiger partial charge in [-0.3, -0.25) is 0 Å². The second-order valence-electron chi connectivity index (χ2n) is 6.94. The summed E-state index contributed by atoms with van der Waals surface area (Å²) in [6.07, 6.45) is -8.99. The zero-order valence-corrected chi connectivity index (χ0v) is 14.8. The molecule has 7 heteroatoms. The summed E-state index contributed by atoms with van der Waals surface area (Å²) in [7, 11) is 0. The van der Waals surface area contributed by atoms with Crippen molar-refractivity contribution in [2.75, 3.05) is 0 Å². The molecule has 0 aliphatic heterocycles. The molecule has 0 amide bonds. The zero-order valence-electron chi connectivity index (χ0n) is 14.8. The molecule has 1 aliphatic carbocycles. The summed E-state index contributed by atoms with van der Waals surface area (Å²) < 4.78 is 85.2. The number of ether oxygens (including phenoxy) is 1. The Kier molecular flexibility index (Phi) is 5.32. The molecule has 1 fully saturated rings. The highest BCUT2D eigenvalue weighted by molar-refractivity contribution is 5.91. The number of aryl methyl sites for hydroxylation is 1. The van der Waals surface area contributed by atoms with Crippen molar-refractivity contribution in [2.45, 2.75) is 57.5 Å². The molecular formula is C20H20F6O. The van der Waals surface area contributed by atoms with Gasteiger partial charge in [-0.1, -0.05) is 31.2 Å². The third-order valence-corrected chi connectivity index (χ3v) is 5.21. The third kappa shape index (κ3) is 4.17. The minimum absolute atomic E-state index is 0.0586. The first-order valence-electron chi connectivity index (χ1n) is 8.96. The second kappa shape index (κ2) is 7.24. The second-order valence-corrected chi connectivity index (χ2v) is 6.94. The van der Waals surface area contributed by atoms with E-state index >= 15 is 0 Å². The smallest absolute Gasteiger partial charge is 0.420 e. The van der Waals surface area contributed by atoms with E-state index in [1.165, 1.54) is 12.1 Å². The summed E-state index contributed by atoms with van der Waals surface area (Å²) in [4.78, 5) is 0. The first kappa shape index (κ1) is 19.8. The van der Waals surface area contributed by atoms with Crippen molar-refractivity contribution in [3.63, 3.8) is 0 Å². The lowest BCUT2D eigenvalue weighted by molar-refractivity contribution is -0.185. The molecule has 148 valence electrons. The van der Waals surface area contributed by atoms with Crippen LogP contribution in [-0.4, -0.2) is 12.3 Å². The summed E-state index contributed by atoms with van der Waals surface area (Å²) in [5.74, 6) is -1.71. The number of hydrogen-bond acceptors (Lipinski definition) is 1. The summed E-state index contributed by atoms with van der Waals surface area (Å²) in [6.45, 7) is 1.87. The number of alkyl halides is 6. The van der Waals surface area contributed by atoms with Crippen LogP contribution in [0, 0.1) is 5.92 Å². The average Bonchev–Trinajstić information content (AvgIpc) is 2.59. The third-order valence-electron chi connectivity index (χ3n) is 5.21. The molecule has 0 heterocycles. The average molecular weight is 390 g/mol. The zero-order chi connectivity index (χ0) is 19.8. The number of fused-ring (bicyclic) bond motifs is 1. The van der Waals surface area contributed by atoms with Gasteiger partial charge in [0.25, 0.3) is 0 Å². The van der Waals surface area contributed by atoms with Gasteiger partial charge >= 0.3 is 12.4 Å². The first-order valence-corrected chi connectivity index (χ1v) is 8.96. The molecule has 27 heavy (non-hydrogen) atoms. The van der Waals surface area contributed by atoms with Crippen molar-refractivity contribution in [3.05, 3.63) is 41.5 Å². The largest absolute Gasteiger partial charge is 0.490 e. The number of rotatable bonds is 3. The van der Waals surface area contributed by atoms with Crippen molar-refractivity contribution in [1.29, 1.82) is 0 Å². The molecule has 0 bridgehead atoms. The maximum Gasteiger partial charge on any atom is 0.420 e. The molecule has 0 spiro atoms. The fourth-order valence-electron chi connectivity index (χ4n) is 3.79. The van der Waals surface area contributed by atoms with Crippen LogP contribution < -0.4 is 4.74 Å². The fourth-order valence-corrected chi connectivity index (χ4v) is 3.79. The normalized spacial score (nSPS) is 21.4. The van der Waals surface area contributed by atoms with E-state index < -0.39 is 29.9 Å². The van der Waals surface area contributed by atoms with E-state index in [4.69, 9.17) is 4.74 Å². The predicted molar refractivity (Wildman–Crippen MR) is 90.8 cm³/mol.